The fourth-order valence-electron chi connectivity index (χ4n) is 0.980. The van der Waals surface area contributed by atoms with Crippen LogP contribution >= 0.6 is 0 Å². The summed E-state index contributed by atoms with van der Waals surface area (Å²) in [6.07, 6.45) is 1.54. The number of amides is 1. The van der Waals surface area contributed by atoms with Crippen LogP contribution in [0.1, 0.15) is 26.7 Å². The van der Waals surface area contributed by atoms with Crippen molar-refractivity contribution in [3.63, 3.8) is 0 Å². The fraction of sp³-hybridized carbons (Fsp3) is 0.900. The Bertz CT molecular complexity index is 140. The highest BCUT2D eigenvalue weighted by atomic mass is 16.5. The van der Waals surface area contributed by atoms with E-state index in [1.807, 2.05) is 13.8 Å². The van der Waals surface area contributed by atoms with Gasteiger partial charge in [-0.2, -0.15) is 0 Å². The average Bonchev–Trinajstić information content (AvgIpc) is 2.21. The van der Waals surface area contributed by atoms with Gasteiger partial charge in [0, 0.05) is 26.1 Å². The van der Waals surface area contributed by atoms with E-state index in [4.69, 9.17) is 4.74 Å². The van der Waals surface area contributed by atoms with Gasteiger partial charge in [0.15, 0.2) is 0 Å². The zero-order valence-corrected chi connectivity index (χ0v) is 9.27. The Hall–Kier alpha value is -0.610. The maximum Gasteiger partial charge on any atom is 0.219 e. The van der Waals surface area contributed by atoms with Gasteiger partial charge in [0.25, 0.3) is 0 Å². The van der Waals surface area contributed by atoms with Gasteiger partial charge >= 0.3 is 0 Å². The SMILES string of the molecule is CCOCCNCCCNC(=O)CC. The van der Waals surface area contributed by atoms with Crippen molar-refractivity contribution in [1.82, 2.24) is 10.6 Å². The molecule has 0 atom stereocenters. The monoisotopic (exact) mass is 202 g/mol. The molecular weight excluding hydrogens is 180 g/mol. The summed E-state index contributed by atoms with van der Waals surface area (Å²) in [5, 5.41) is 6.06. The van der Waals surface area contributed by atoms with Gasteiger partial charge in [0.2, 0.25) is 5.91 Å². The molecule has 4 heteroatoms. The Morgan fingerprint density at radius 2 is 2.00 bits per heavy atom. The number of rotatable bonds is 9. The Morgan fingerprint density at radius 3 is 2.64 bits per heavy atom. The Morgan fingerprint density at radius 1 is 1.21 bits per heavy atom. The van der Waals surface area contributed by atoms with Gasteiger partial charge in [-0.15, -0.1) is 0 Å². The van der Waals surface area contributed by atoms with E-state index in [1.165, 1.54) is 0 Å². The molecule has 0 rings (SSSR count). The lowest BCUT2D eigenvalue weighted by atomic mass is 10.4. The van der Waals surface area contributed by atoms with Crippen LogP contribution in [0.25, 0.3) is 0 Å². The lowest BCUT2D eigenvalue weighted by Crippen LogP contribution is -2.27. The first kappa shape index (κ1) is 13.4. The molecule has 0 spiro atoms. The molecule has 0 aromatic heterocycles. The minimum atomic E-state index is 0.124. The van der Waals surface area contributed by atoms with Gasteiger partial charge in [0.05, 0.1) is 6.61 Å². The molecule has 0 aromatic carbocycles. The van der Waals surface area contributed by atoms with Crippen LogP contribution in [-0.2, 0) is 9.53 Å². The van der Waals surface area contributed by atoms with E-state index in [9.17, 15) is 4.79 Å². The Kier molecular flexibility index (Phi) is 10.0. The molecular formula is C10H22N2O2. The molecule has 0 fully saturated rings. The van der Waals surface area contributed by atoms with Crippen LogP contribution in [0.4, 0.5) is 0 Å². The van der Waals surface area contributed by atoms with Gasteiger partial charge in [-0.1, -0.05) is 6.92 Å². The van der Waals surface area contributed by atoms with E-state index < -0.39 is 0 Å². The standard InChI is InChI=1S/C10H22N2O2/c1-3-10(13)12-7-5-6-11-8-9-14-4-2/h11H,3-9H2,1-2H3,(H,12,13). The summed E-state index contributed by atoms with van der Waals surface area (Å²) in [7, 11) is 0. The molecule has 0 unspecified atom stereocenters. The molecule has 0 aromatic rings. The molecule has 0 aliphatic heterocycles. The highest BCUT2D eigenvalue weighted by molar-refractivity contribution is 5.75. The molecule has 0 saturated heterocycles. The maximum atomic E-state index is 10.8. The highest BCUT2D eigenvalue weighted by Gasteiger charge is 1.94. The van der Waals surface area contributed by atoms with Gasteiger partial charge in [-0.05, 0) is 19.9 Å². The first-order valence-corrected chi connectivity index (χ1v) is 5.36. The second-order valence-corrected chi connectivity index (χ2v) is 3.00. The summed E-state index contributed by atoms with van der Waals surface area (Å²) >= 11 is 0. The molecule has 0 aliphatic carbocycles. The summed E-state index contributed by atoms with van der Waals surface area (Å²) in [4.78, 5) is 10.8. The third kappa shape index (κ3) is 9.48. The maximum absolute atomic E-state index is 10.8. The summed E-state index contributed by atoms with van der Waals surface area (Å²) < 4.78 is 5.16. The van der Waals surface area contributed by atoms with E-state index in [0.29, 0.717) is 6.42 Å². The molecule has 1 amide bonds. The topological polar surface area (TPSA) is 50.4 Å². The zero-order chi connectivity index (χ0) is 10.6. The highest BCUT2D eigenvalue weighted by Crippen LogP contribution is 1.78. The second-order valence-electron chi connectivity index (χ2n) is 3.00. The smallest absolute Gasteiger partial charge is 0.219 e. The number of nitrogens with one attached hydrogen (secondary N) is 2. The Balaban J connectivity index is 2.95. The van der Waals surface area contributed by atoms with Crippen molar-refractivity contribution in [1.29, 1.82) is 0 Å². The van der Waals surface area contributed by atoms with Crippen molar-refractivity contribution in [2.24, 2.45) is 0 Å². The lowest BCUT2D eigenvalue weighted by Gasteiger charge is -2.05. The van der Waals surface area contributed by atoms with E-state index in [0.717, 1.165) is 39.3 Å². The normalized spacial score (nSPS) is 10.1. The third-order valence-corrected chi connectivity index (χ3v) is 1.80. The van der Waals surface area contributed by atoms with Gasteiger partial charge in [0.1, 0.15) is 0 Å². The zero-order valence-electron chi connectivity index (χ0n) is 9.27. The quantitative estimate of drug-likeness (QED) is 0.536. The lowest BCUT2D eigenvalue weighted by molar-refractivity contribution is -0.120. The predicted octanol–water partition coefficient (Wildman–Crippen LogP) is 0.529. The second kappa shape index (κ2) is 10.5. The molecule has 0 heterocycles. The summed E-state index contributed by atoms with van der Waals surface area (Å²) in [5.41, 5.74) is 0. The van der Waals surface area contributed by atoms with E-state index >= 15 is 0 Å². The third-order valence-electron chi connectivity index (χ3n) is 1.80. The number of carbonyl (C=O) groups excluding carboxylic acids is 1. The van der Waals surface area contributed by atoms with Gasteiger partial charge in [-0.3, -0.25) is 4.79 Å². The fourth-order valence-corrected chi connectivity index (χ4v) is 0.980. The van der Waals surface area contributed by atoms with Crippen LogP contribution < -0.4 is 10.6 Å². The van der Waals surface area contributed by atoms with E-state index in [1.54, 1.807) is 0 Å². The van der Waals surface area contributed by atoms with Crippen molar-refractivity contribution < 1.29 is 9.53 Å². The summed E-state index contributed by atoms with van der Waals surface area (Å²) in [5.74, 6) is 0.124. The molecule has 4 nitrogen and oxygen atoms in total. The van der Waals surface area contributed by atoms with Crippen molar-refractivity contribution in [3.05, 3.63) is 0 Å². The molecule has 0 radical (unpaired) electrons. The molecule has 14 heavy (non-hydrogen) atoms. The minimum Gasteiger partial charge on any atom is -0.380 e. The van der Waals surface area contributed by atoms with Crippen LogP contribution in [0, 0.1) is 0 Å². The number of hydrogen-bond donors (Lipinski definition) is 2. The summed E-state index contributed by atoms with van der Waals surface area (Å²) in [6, 6.07) is 0. The average molecular weight is 202 g/mol. The van der Waals surface area contributed by atoms with E-state index in [2.05, 4.69) is 10.6 Å². The van der Waals surface area contributed by atoms with Gasteiger partial charge in [-0.25, -0.2) is 0 Å². The van der Waals surface area contributed by atoms with Crippen LogP contribution in [0.5, 0.6) is 0 Å². The molecule has 2 N–H and O–H groups in total. The predicted molar refractivity (Wildman–Crippen MR) is 57.3 cm³/mol. The number of hydrogen-bond acceptors (Lipinski definition) is 3. The van der Waals surface area contributed by atoms with E-state index in [-0.39, 0.29) is 5.91 Å². The summed E-state index contributed by atoms with van der Waals surface area (Å²) in [6.45, 7) is 7.95. The first-order chi connectivity index (χ1) is 6.81. The van der Waals surface area contributed by atoms with Crippen molar-refractivity contribution in [3.8, 4) is 0 Å². The minimum absolute atomic E-state index is 0.124. The Labute approximate surface area is 86.4 Å². The van der Waals surface area contributed by atoms with Crippen molar-refractivity contribution in [2.75, 3.05) is 32.8 Å². The number of carbonyl (C=O) groups is 1. The number of ether oxygens (including phenoxy) is 1. The van der Waals surface area contributed by atoms with Crippen LogP contribution in [0.2, 0.25) is 0 Å². The largest absolute Gasteiger partial charge is 0.380 e. The van der Waals surface area contributed by atoms with Gasteiger partial charge < -0.3 is 15.4 Å². The molecule has 0 saturated carbocycles. The van der Waals surface area contributed by atoms with Crippen molar-refractivity contribution >= 4 is 5.91 Å². The molecule has 0 aliphatic rings. The molecule has 0 bridgehead atoms. The van der Waals surface area contributed by atoms with Crippen molar-refractivity contribution in [2.45, 2.75) is 26.7 Å². The van der Waals surface area contributed by atoms with Crippen LogP contribution in [-0.4, -0.2) is 38.8 Å². The first-order valence-electron chi connectivity index (χ1n) is 5.36. The van der Waals surface area contributed by atoms with Crippen LogP contribution in [0.15, 0.2) is 0 Å². The van der Waals surface area contributed by atoms with Crippen LogP contribution in [0.3, 0.4) is 0 Å². The molecule has 84 valence electrons.